The first-order valence-corrected chi connectivity index (χ1v) is 12.9. The molecule has 0 aliphatic rings. The van der Waals surface area contributed by atoms with Crippen LogP contribution in [0, 0.1) is 39.4 Å². The molecule has 37 heavy (non-hydrogen) atoms. The molecule has 0 spiro atoms. The van der Waals surface area contributed by atoms with Gasteiger partial charge in [0.15, 0.2) is 0 Å². The van der Waals surface area contributed by atoms with Crippen LogP contribution in [0.3, 0.4) is 0 Å². The van der Waals surface area contributed by atoms with Crippen LogP contribution in [-0.2, 0) is 4.79 Å². The van der Waals surface area contributed by atoms with Crippen molar-refractivity contribution in [2.75, 3.05) is 0 Å². The van der Waals surface area contributed by atoms with Crippen molar-refractivity contribution in [3.63, 3.8) is 0 Å². The van der Waals surface area contributed by atoms with Gasteiger partial charge in [0.1, 0.15) is 5.82 Å². The second kappa shape index (κ2) is 10.8. The summed E-state index contributed by atoms with van der Waals surface area (Å²) in [5, 5.41) is 31.4. The zero-order chi connectivity index (χ0) is 27.8. The largest absolute Gasteiger partial charge is 0.481 e. The molecule has 0 radical (unpaired) electrons. The number of nitrogens with zero attached hydrogens (tertiary/aromatic N) is 1. The van der Waals surface area contributed by atoms with Crippen molar-refractivity contribution in [3.05, 3.63) is 64.1 Å². The van der Waals surface area contributed by atoms with Gasteiger partial charge in [-0.1, -0.05) is 26.0 Å². The summed E-state index contributed by atoms with van der Waals surface area (Å²) in [6.45, 7) is 15.8. The number of fused-ring (bicyclic) bond motifs is 1. The Hall–Kier alpha value is -2.96. The van der Waals surface area contributed by atoms with Crippen molar-refractivity contribution < 1.29 is 24.5 Å². The van der Waals surface area contributed by atoms with E-state index >= 15 is 0 Å². The maximum absolute atomic E-state index is 14.4. The number of benzene rings is 2. The van der Waals surface area contributed by atoms with E-state index in [4.69, 9.17) is 5.11 Å². The lowest BCUT2D eigenvalue weighted by atomic mass is 9.92. The smallest absolute Gasteiger partial charge is 0.306 e. The Morgan fingerprint density at radius 3 is 2.30 bits per heavy atom. The fourth-order valence-corrected chi connectivity index (χ4v) is 4.95. The molecule has 3 atom stereocenters. The number of hydrogen-bond acceptors (Lipinski definition) is 3. The highest BCUT2D eigenvalue weighted by Gasteiger charge is 2.28. The molecule has 0 saturated heterocycles. The van der Waals surface area contributed by atoms with Crippen LogP contribution in [-0.4, -0.2) is 37.6 Å². The second-order valence-corrected chi connectivity index (χ2v) is 11.1. The number of aliphatic hydroxyl groups excluding tert-OH is 1. The molecule has 0 fully saturated rings. The highest BCUT2D eigenvalue weighted by atomic mass is 19.1. The van der Waals surface area contributed by atoms with Gasteiger partial charge in [0.05, 0.1) is 18.1 Å². The van der Waals surface area contributed by atoms with Gasteiger partial charge >= 0.3 is 5.97 Å². The van der Waals surface area contributed by atoms with Crippen LogP contribution in [0.1, 0.15) is 74.5 Å². The molecule has 1 aromatic heterocycles. The van der Waals surface area contributed by atoms with E-state index in [2.05, 4.69) is 51.3 Å². The molecule has 5 nitrogen and oxygen atoms in total. The zero-order valence-electron chi connectivity index (χ0n) is 23.2. The molecule has 3 rings (SSSR count). The Balaban J connectivity index is 2.32. The van der Waals surface area contributed by atoms with Crippen LogP contribution in [0.15, 0.2) is 30.3 Å². The Morgan fingerprint density at radius 2 is 1.70 bits per heavy atom. The number of carbonyl (C=O) groups is 1. The first-order chi connectivity index (χ1) is 17.1. The van der Waals surface area contributed by atoms with E-state index in [9.17, 15) is 19.4 Å². The average molecular weight is 510 g/mol. The van der Waals surface area contributed by atoms with E-state index in [0.29, 0.717) is 11.5 Å². The van der Waals surface area contributed by atoms with Gasteiger partial charge in [0.2, 0.25) is 0 Å². The van der Waals surface area contributed by atoms with Crippen molar-refractivity contribution in [1.82, 2.24) is 4.57 Å². The van der Waals surface area contributed by atoms with E-state index in [-0.39, 0.29) is 18.3 Å². The highest BCUT2D eigenvalue weighted by Crippen LogP contribution is 2.42. The number of aryl methyl sites for hydroxylation is 2. The van der Waals surface area contributed by atoms with E-state index < -0.39 is 24.1 Å². The van der Waals surface area contributed by atoms with Gasteiger partial charge in [-0.2, -0.15) is 0 Å². The number of hydrogen-bond donors (Lipinski definition) is 3. The first kappa shape index (κ1) is 28.6. The topological polar surface area (TPSA) is 82.7 Å². The highest BCUT2D eigenvalue weighted by molar-refractivity contribution is 6.02. The third-order valence-corrected chi connectivity index (χ3v) is 7.68. The van der Waals surface area contributed by atoms with Gasteiger partial charge in [-0.3, -0.25) is 4.79 Å². The number of aliphatic hydroxyl groups is 2. The molecule has 0 aliphatic carbocycles. The van der Waals surface area contributed by atoms with Crippen molar-refractivity contribution in [3.8, 4) is 11.1 Å². The lowest BCUT2D eigenvalue weighted by Gasteiger charge is -2.24. The van der Waals surface area contributed by atoms with E-state index in [1.54, 1.807) is 13.0 Å². The van der Waals surface area contributed by atoms with Crippen LogP contribution in [0.4, 0.5) is 4.39 Å². The Bertz CT molecular complexity index is 1350. The van der Waals surface area contributed by atoms with Crippen molar-refractivity contribution >= 4 is 22.9 Å². The van der Waals surface area contributed by atoms with Crippen molar-refractivity contribution in [2.45, 2.75) is 86.0 Å². The third-order valence-electron chi connectivity index (χ3n) is 7.68. The van der Waals surface area contributed by atoms with Crippen LogP contribution in [0.2, 0.25) is 0 Å². The molecule has 3 aromatic rings. The summed E-state index contributed by atoms with van der Waals surface area (Å²) in [6, 6.07) is 7.79. The number of aromatic nitrogens is 1. The molecule has 0 aliphatic heterocycles. The molecule has 6 heteroatoms. The molecule has 0 saturated carbocycles. The fraction of sp³-hybridized carbons (Fsp3) is 0.452. The predicted octanol–water partition coefficient (Wildman–Crippen LogP) is 6.89. The summed E-state index contributed by atoms with van der Waals surface area (Å²) in [7, 11) is 0. The van der Waals surface area contributed by atoms with Gasteiger partial charge in [-0.25, -0.2) is 4.39 Å². The zero-order valence-corrected chi connectivity index (χ0v) is 23.2. The minimum atomic E-state index is -1.55. The maximum Gasteiger partial charge on any atom is 0.306 e. The summed E-state index contributed by atoms with van der Waals surface area (Å²) >= 11 is 0. The molecule has 0 amide bonds. The second-order valence-electron chi connectivity index (χ2n) is 11.1. The standard InChI is InChI=1S/C31H40FNO4/c1-17(2)22(7)33-27(12-9-23(34)15-31(8,37)16-29(35)36)30(24-10-11-26(32)21(6)20(24)5)25-13-18(3)19(4)14-28(25)33/h9-14,17,22-23,34,37H,15-16H2,1-8H3,(H,35,36)/b12-9+/t22?,23-,31-/m1/s1. The van der Waals surface area contributed by atoms with E-state index in [0.717, 1.165) is 38.9 Å². The van der Waals surface area contributed by atoms with Crippen LogP contribution < -0.4 is 0 Å². The minimum absolute atomic E-state index is 0.113. The normalized spacial score (nSPS) is 15.5. The quantitative estimate of drug-likeness (QED) is 0.293. The Morgan fingerprint density at radius 1 is 1.08 bits per heavy atom. The fourth-order valence-electron chi connectivity index (χ4n) is 4.95. The number of carboxylic acids is 1. The molecule has 200 valence electrons. The van der Waals surface area contributed by atoms with E-state index in [1.807, 2.05) is 19.1 Å². The van der Waals surface area contributed by atoms with Crippen LogP contribution >= 0.6 is 0 Å². The summed E-state index contributed by atoms with van der Waals surface area (Å²) in [6.07, 6.45) is 1.85. The number of rotatable bonds is 9. The molecule has 1 unspecified atom stereocenters. The Labute approximate surface area is 219 Å². The van der Waals surface area contributed by atoms with Crippen molar-refractivity contribution in [2.24, 2.45) is 5.92 Å². The Kier molecular flexibility index (Phi) is 8.35. The molecule has 0 bridgehead atoms. The minimum Gasteiger partial charge on any atom is -0.481 e. The number of halogens is 1. The summed E-state index contributed by atoms with van der Waals surface area (Å²) in [5.41, 5.74) is 6.06. The molecule has 3 N–H and O–H groups in total. The molecular formula is C31H40FNO4. The predicted molar refractivity (Wildman–Crippen MR) is 148 cm³/mol. The molecule has 2 aromatic carbocycles. The summed E-state index contributed by atoms with van der Waals surface area (Å²) in [4.78, 5) is 11.1. The summed E-state index contributed by atoms with van der Waals surface area (Å²) in [5.74, 6) is -1.06. The van der Waals surface area contributed by atoms with Gasteiger partial charge < -0.3 is 19.9 Å². The van der Waals surface area contributed by atoms with Gasteiger partial charge in [-0.15, -0.1) is 0 Å². The summed E-state index contributed by atoms with van der Waals surface area (Å²) < 4.78 is 16.7. The van der Waals surface area contributed by atoms with E-state index in [1.165, 1.54) is 18.6 Å². The third kappa shape index (κ3) is 5.97. The molecular weight excluding hydrogens is 469 g/mol. The monoisotopic (exact) mass is 509 g/mol. The lowest BCUT2D eigenvalue weighted by Crippen LogP contribution is -2.32. The SMILES string of the molecule is Cc1cc2c(-c3ccc(F)c(C)c3C)c(/C=C/[C@@H](O)C[C@@](C)(O)CC(=O)O)n(C(C)C(C)C)c2cc1C. The van der Waals surface area contributed by atoms with Crippen LogP contribution in [0.25, 0.3) is 28.1 Å². The van der Waals surface area contributed by atoms with Gasteiger partial charge in [-0.05, 0) is 99.6 Å². The van der Waals surface area contributed by atoms with Crippen LogP contribution in [0.5, 0.6) is 0 Å². The number of carboxylic acid groups (broad SMARTS) is 1. The molecule has 1 heterocycles. The first-order valence-electron chi connectivity index (χ1n) is 12.9. The average Bonchev–Trinajstić information content (AvgIpc) is 3.07. The van der Waals surface area contributed by atoms with Gasteiger partial charge in [0.25, 0.3) is 0 Å². The van der Waals surface area contributed by atoms with Gasteiger partial charge in [0, 0.05) is 34.6 Å². The van der Waals surface area contributed by atoms with Crippen molar-refractivity contribution in [1.29, 1.82) is 0 Å². The lowest BCUT2D eigenvalue weighted by molar-refractivity contribution is -0.142. The maximum atomic E-state index is 14.4. The number of aliphatic carboxylic acids is 1.